The average molecular weight is 498 g/mol. The number of rotatable bonds is 9. The van der Waals surface area contributed by atoms with Crippen molar-refractivity contribution < 1.29 is 52.5 Å². The Morgan fingerprint density at radius 2 is 1.57 bits per heavy atom. The van der Waals surface area contributed by atoms with Crippen LogP contribution in [-0.4, -0.2) is 73.7 Å². The van der Waals surface area contributed by atoms with Gasteiger partial charge in [0.15, 0.2) is 18.3 Å². The number of ether oxygens (including phenoxy) is 6. The minimum atomic E-state index is -1.63. The van der Waals surface area contributed by atoms with Crippen LogP contribution in [0.15, 0.2) is 18.2 Å². The van der Waals surface area contributed by atoms with Crippen LogP contribution in [0.5, 0.6) is 5.75 Å². The second-order valence-corrected chi connectivity index (χ2v) is 7.37. The van der Waals surface area contributed by atoms with Crippen molar-refractivity contribution in [3.8, 4) is 5.75 Å². The number of nitro benzene ring substituents is 1. The van der Waals surface area contributed by atoms with Crippen molar-refractivity contribution in [2.24, 2.45) is 0 Å². The summed E-state index contributed by atoms with van der Waals surface area (Å²) in [7, 11) is 2.67. The van der Waals surface area contributed by atoms with Crippen LogP contribution >= 0.6 is 0 Å². The molecule has 1 saturated heterocycles. The van der Waals surface area contributed by atoms with E-state index in [2.05, 4.69) is 5.32 Å². The molecule has 14 nitrogen and oxygen atoms in total. The van der Waals surface area contributed by atoms with E-state index < -0.39 is 59.5 Å². The highest BCUT2D eigenvalue weighted by atomic mass is 16.7. The van der Waals surface area contributed by atoms with Crippen LogP contribution in [-0.2, 0) is 49.4 Å². The third-order valence-corrected chi connectivity index (χ3v) is 4.70. The second kappa shape index (κ2) is 12.1. The van der Waals surface area contributed by atoms with Gasteiger partial charge in [0.1, 0.15) is 5.75 Å². The third-order valence-electron chi connectivity index (χ3n) is 4.70. The molecule has 14 heteroatoms. The van der Waals surface area contributed by atoms with Gasteiger partial charge < -0.3 is 33.7 Å². The van der Waals surface area contributed by atoms with Gasteiger partial charge in [-0.15, -0.1) is 0 Å². The highest BCUT2D eigenvalue weighted by molar-refractivity contribution is 5.77. The minimum Gasteiger partial charge on any atom is -0.467 e. The fourth-order valence-corrected chi connectivity index (χ4v) is 3.42. The molecule has 0 saturated carbocycles. The van der Waals surface area contributed by atoms with Gasteiger partial charge in [0, 0.05) is 45.0 Å². The topological polar surface area (TPSA) is 179 Å². The smallest absolute Gasteiger partial charge is 0.339 e. The Balaban J connectivity index is 2.57. The molecule has 0 radical (unpaired) electrons. The van der Waals surface area contributed by atoms with Gasteiger partial charge >= 0.3 is 23.9 Å². The van der Waals surface area contributed by atoms with Crippen LogP contribution in [0.2, 0.25) is 0 Å². The first-order chi connectivity index (χ1) is 16.5. The molecular weight excluding hydrogens is 472 g/mol. The predicted octanol–water partition coefficient (Wildman–Crippen LogP) is 0.386. The molecule has 1 aliphatic rings. The maximum atomic E-state index is 12.5. The fraction of sp³-hybridized carbons (Fsp3) is 0.524. The highest BCUT2D eigenvalue weighted by Crippen LogP contribution is 2.33. The van der Waals surface area contributed by atoms with E-state index in [0.29, 0.717) is 5.56 Å². The van der Waals surface area contributed by atoms with Crippen molar-refractivity contribution in [3.63, 3.8) is 0 Å². The van der Waals surface area contributed by atoms with Gasteiger partial charge in [-0.25, -0.2) is 4.79 Å². The molecule has 1 heterocycles. The normalized spacial score (nSPS) is 23.5. The lowest BCUT2D eigenvalue weighted by Crippen LogP contribution is -2.64. The van der Waals surface area contributed by atoms with Crippen LogP contribution in [0.1, 0.15) is 26.3 Å². The molecule has 0 unspecified atom stereocenters. The molecule has 1 aromatic rings. The van der Waals surface area contributed by atoms with Gasteiger partial charge in [-0.05, 0) is 13.1 Å². The highest BCUT2D eigenvalue weighted by Gasteiger charge is 2.55. The van der Waals surface area contributed by atoms with Gasteiger partial charge in [-0.3, -0.25) is 24.5 Å². The zero-order chi connectivity index (χ0) is 26.3. The SMILES string of the molecule is CNCc1cc([N+](=O)[O-])ccc1O[C@@H]1O[C@H](C(=O)OC)[C@@H](OC(C)=O)[C@H](OC(C)=O)[C@H]1OC(C)=O. The molecule has 0 amide bonds. The average Bonchev–Trinajstić information content (AvgIpc) is 2.77. The molecule has 1 N–H and O–H groups in total. The second-order valence-electron chi connectivity index (χ2n) is 7.37. The summed E-state index contributed by atoms with van der Waals surface area (Å²) in [6.07, 6.45) is -7.76. The Hall–Kier alpha value is -3.78. The van der Waals surface area contributed by atoms with Crippen molar-refractivity contribution in [2.45, 2.75) is 58.0 Å². The maximum Gasteiger partial charge on any atom is 0.339 e. The first kappa shape index (κ1) is 27.5. The molecule has 1 aromatic carbocycles. The molecular formula is C21H26N2O12. The van der Waals surface area contributed by atoms with Crippen LogP contribution in [0.3, 0.4) is 0 Å². The molecule has 1 aliphatic heterocycles. The number of carbonyl (C=O) groups excluding carboxylic acids is 4. The number of hydrogen-bond acceptors (Lipinski definition) is 13. The summed E-state index contributed by atoms with van der Waals surface area (Å²) in [5, 5.41) is 14.0. The van der Waals surface area contributed by atoms with E-state index in [1.54, 1.807) is 7.05 Å². The third kappa shape index (κ3) is 7.10. The molecule has 35 heavy (non-hydrogen) atoms. The number of hydrogen-bond donors (Lipinski definition) is 1. The zero-order valence-corrected chi connectivity index (χ0v) is 19.7. The van der Waals surface area contributed by atoms with Gasteiger partial charge in [0.2, 0.25) is 12.4 Å². The quantitative estimate of drug-likeness (QED) is 0.214. The first-order valence-electron chi connectivity index (χ1n) is 10.3. The number of nitro groups is 1. The van der Waals surface area contributed by atoms with E-state index in [1.807, 2.05) is 0 Å². The number of benzene rings is 1. The van der Waals surface area contributed by atoms with E-state index in [-0.39, 0.29) is 18.0 Å². The van der Waals surface area contributed by atoms with Crippen molar-refractivity contribution in [1.82, 2.24) is 5.32 Å². The van der Waals surface area contributed by atoms with Gasteiger partial charge in [0.25, 0.3) is 5.69 Å². The summed E-state index contributed by atoms with van der Waals surface area (Å²) in [6.45, 7) is 3.35. The lowest BCUT2D eigenvalue weighted by molar-refractivity contribution is -0.385. The Labute approximate surface area is 199 Å². The van der Waals surface area contributed by atoms with Crippen LogP contribution in [0.25, 0.3) is 0 Å². The van der Waals surface area contributed by atoms with Gasteiger partial charge in [-0.2, -0.15) is 0 Å². The zero-order valence-electron chi connectivity index (χ0n) is 19.7. The molecule has 0 aromatic heterocycles. The standard InChI is InChI=1S/C21H26N2O12/c1-10(24)31-16-17(32-11(2)25)19(33-12(3)26)21(35-18(16)20(27)30-5)34-15-7-6-14(23(28)29)8-13(15)9-22-4/h6-8,16-19,21-22H,9H2,1-5H3/t16-,17-,18-,19+,21+/m0/s1. The largest absolute Gasteiger partial charge is 0.467 e. The summed E-state index contributed by atoms with van der Waals surface area (Å²) >= 11 is 0. The Kier molecular flexibility index (Phi) is 9.48. The number of nitrogens with one attached hydrogen (secondary N) is 1. The molecule has 0 spiro atoms. The van der Waals surface area contributed by atoms with Gasteiger partial charge in [0.05, 0.1) is 12.0 Å². The van der Waals surface area contributed by atoms with E-state index >= 15 is 0 Å². The van der Waals surface area contributed by atoms with E-state index in [0.717, 1.165) is 27.9 Å². The van der Waals surface area contributed by atoms with Crippen molar-refractivity contribution in [3.05, 3.63) is 33.9 Å². The van der Waals surface area contributed by atoms with Crippen molar-refractivity contribution >= 4 is 29.6 Å². The minimum absolute atomic E-state index is 0.0863. The molecule has 5 atom stereocenters. The van der Waals surface area contributed by atoms with Crippen molar-refractivity contribution in [2.75, 3.05) is 14.2 Å². The van der Waals surface area contributed by atoms with E-state index in [1.165, 1.54) is 18.2 Å². The molecule has 192 valence electrons. The van der Waals surface area contributed by atoms with Crippen LogP contribution < -0.4 is 10.1 Å². The number of carbonyl (C=O) groups is 4. The first-order valence-corrected chi connectivity index (χ1v) is 10.3. The number of nitrogens with zero attached hydrogens (tertiary/aromatic N) is 1. The molecule has 0 bridgehead atoms. The summed E-state index contributed by atoms with van der Waals surface area (Å²) in [5.41, 5.74) is 0.136. The summed E-state index contributed by atoms with van der Waals surface area (Å²) in [6, 6.07) is 3.74. The molecule has 1 fully saturated rings. The van der Waals surface area contributed by atoms with E-state index in [9.17, 15) is 29.3 Å². The number of esters is 4. The van der Waals surface area contributed by atoms with Crippen molar-refractivity contribution in [1.29, 1.82) is 0 Å². The number of methoxy groups -OCH3 is 1. The molecule has 0 aliphatic carbocycles. The lowest BCUT2D eigenvalue weighted by Gasteiger charge is -2.43. The monoisotopic (exact) mass is 498 g/mol. The summed E-state index contributed by atoms with van der Waals surface area (Å²) in [4.78, 5) is 58.5. The predicted molar refractivity (Wildman–Crippen MR) is 114 cm³/mol. The summed E-state index contributed by atoms with van der Waals surface area (Å²) < 4.78 is 32.1. The lowest BCUT2D eigenvalue weighted by atomic mass is 9.97. The fourth-order valence-electron chi connectivity index (χ4n) is 3.42. The number of non-ortho nitro benzene ring substituents is 1. The van der Waals surface area contributed by atoms with Crippen LogP contribution in [0, 0.1) is 10.1 Å². The maximum absolute atomic E-state index is 12.5. The van der Waals surface area contributed by atoms with Crippen LogP contribution in [0.4, 0.5) is 5.69 Å². The Morgan fingerprint density at radius 3 is 2.09 bits per heavy atom. The Morgan fingerprint density at radius 1 is 1.00 bits per heavy atom. The van der Waals surface area contributed by atoms with E-state index in [4.69, 9.17) is 28.4 Å². The Bertz CT molecular complexity index is 981. The summed E-state index contributed by atoms with van der Waals surface area (Å²) in [5.74, 6) is -3.38. The van der Waals surface area contributed by atoms with Gasteiger partial charge in [-0.1, -0.05) is 0 Å². The molecule has 2 rings (SSSR count).